The maximum Gasteiger partial charge on any atom is 0.337 e. The van der Waals surface area contributed by atoms with Gasteiger partial charge in [-0.25, -0.2) is 17.6 Å². The number of hydrogen-bond donors (Lipinski definition) is 2. The number of amides is 1. The van der Waals surface area contributed by atoms with Gasteiger partial charge in [0.05, 0.1) is 27.5 Å². The number of carbonyl (C=O) groups excluding carboxylic acids is 1. The second-order valence-electron chi connectivity index (χ2n) is 7.67. The topological polar surface area (TPSA) is 104 Å². The Morgan fingerprint density at radius 2 is 1.85 bits per heavy atom. The van der Waals surface area contributed by atoms with E-state index in [-0.39, 0.29) is 28.4 Å². The highest BCUT2D eigenvalue weighted by molar-refractivity contribution is 9.10. The van der Waals surface area contributed by atoms with Crippen LogP contribution in [0.3, 0.4) is 0 Å². The summed E-state index contributed by atoms with van der Waals surface area (Å²) >= 11 is 9.23. The molecule has 0 atom stereocenters. The lowest BCUT2D eigenvalue weighted by atomic mass is 10.1. The molecule has 11 heteroatoms. The number of carbonyl (C=O) groups is 2. The molecular weight excluding hydrogens is 551 g/mol. The van der Waals surface area contributed by atoms with Crippen LogP contribution in [0.15, 0.2) is 57.9 Å². The molecule has 0 saturated heterocycles. The first-order chi connectivity index (χ1) is 16.0. The van der Waals surface area contributed by atoms with Crippen molar-refractivity contribution < 1.29 is 27.5 Å². The van der Waals surface area contributed by atoms with Gasteiger partial charge in [0.1, 0.15) is 10.7 Å². The number of anilines is 2. The predicted molar refractivity (Wildman–Crippen MR) is 130 cm³/mol. The summed E-state index contributed by atoms with van der Waals surface area (Å²) in [6.45, 7) is 1.95. The third-order valence-electron chi connectivity index (χ3n) is 5.39. The number of nitrogens with one attached hydrogen (secondary N) is 1. The third kappa shape index (κ3) is 4.40. The Kier molecular flexibility index (Phi) is 6.41. The van der Waals surface area contributed by atoms with Crippen LogP contribution in [0.25, 0.3) is 0 Å². The lowest BCUT2D eigenvalue weighted by Crippen LogP contribution is -2.30. The molecule has 4 rings (SSSR count). The second kappa shape index (κ2) is 9.01. The first-order valence-corrected chi connectivity index (χ1v) is 12.6. The molecule has 3 aromatic rings. The van der Waals surface area contributed by atoms with Crippen molar-refractivity contribution in [2.45, 2.75) is 18.2 Å². The van der Waals surface area contributed by atoms with Crippen LogP contribution in [0.5, 0.6) is 0 Å². The fraction of sp³-hybridized carbons (Fsp3) is 0.130. The van der Waals surface area contributed by atoms with Crippen molar-refractivity contribution in [2.24, 2.45) is 0 Å². The summed E-state index contributed by atoms with van der Waals surface area (Å²) < 4.78 is 43.2. The number of halogens is 3. The Balaban J connectivity index is 1.74. The van der Waals surface area contributed by atoms with Gasteiger partial charge in [0.2, 0.25) is 0 Å². The normalized spacial score (nSPS) is 13.0. The largest absolute Gasteiger partial charge is 0.478 e. The van der Waals surface area contributed by atoms with Gasteiger partial charge in [0, 0.05) is 11.0 Å². The lowest BCUT2D eigenvalue weighted by molar-refractivity contribution is 0.0698. The smallest absolute Gasteiger partial charge is 0.337 e. The van der Waals surface area contributed by atoms with Gasteiger partial charge < -0.3 is 10.4 Å². The Hall–Kier alpha value is -2.95. The van der Waals surface area contributed by atoms with E-state index in [0.717, 1.165) is 27.6 Å². The SMILES string of the molecule is Cc1ccc2c(c1)N(S(=O)(=O)c1cc(C(=O)Nc3ccc(Br)cc3C(=O)O)c(Cl)cc1F)CC2. The Bertz CT molecular complexity index is 1460. The first-order valence-electron chi connectivity index (χ1n) is 9.94. The monoisotopic (exact) mass is 566 g/mol. The minimum Gasteiger partial charge on any atom is -0.478 e. The number of sulfonamides is 1. The second-order valence-corrected chi connectivity index (χ2v) is 10.8. The van der Waals surface area contributed by atoms with Gasteiger partial charge >= 0.3 is 5.97 Å². The lowest BCUT2D eigenvalue weighted by Gasteiger charge is -2.21. The van der Waals surface area contributed by atoms with Crippen LogP contribution in [-0.4, -0.2) is 31.9 Å². The molecule has 1 aliphatic rings. The molecule has 1 amide bonds. The van der Waals surface area contributed by atoms with Crippen LogP contribution >= 0.6 is 27.5 Å². The van der Waals surface area contributed by atoms with Crippen LogP contribution in [0, 0.1) is 12.7 Å². The fourth-order valence-corrected chi connectivity index (χ4v) is 5.89. The molecule has 3 aromatic carbocycles. The molecular formula is C23H17BrClFN2O5S. The summed E-state index contributed by atoms with van der Waals surface area (Å²) in [5, 5.41) is 11.5. The zero-order valence-electron chi connectivity index (χ0n) is 17.6. The molecule has 0 radical (unpaired) electrons. The van der Waals surface area contributed by atoms with Crippen molar-refractivity contribution in [3.05, 3.63) is 86.1 Å². The zero-order chi connectivity index (χ0) is 24.8. The molecule has 7 nitrogen and oxygen atoms in total. The highest BCUT2D eigenvalue weighted by Gasteiger charge is 2.34. The van der Waals surface area contributed by atoms with E-state index in [9.17, 15) is 27.5 Å². The minimum atomic E-state index is -4.35. The van der Waals surface area contributed by atoms with Gasteiger partial charge in [-0.05, 0) is 60.9 Å². The van der Waals surface area contributed by atoms with Crippen LogP contribution in [-0.2, 0) is 16.4 Å². The number of rotatable bonds is 5. The summed E-state index contributed by atoms with van der Waals surface area (Å²) in [6, 6.07) is 11.2. The number of benzene rings is 3. The van der Waals surface area contributed by atoms with Gasteiger partial charge in [-0.15, -0.1) is 0 Å². The standard InChI is InChI=1S/C23H17BrClFN2O5S/c1-12-2-3-13-6-7-28(20(13)8-12)34(32,33)21-10-15(17(25)11-18(21)26)22(29)27-19-5-4-14(24)9-16(19)23(30)31/h2-5,8-11H,6-7H2,1H3,(H,27,29)(H,30,31). The van der Waals surface area contributed by atoms with Gasteiger partial charge in [0.15, 0.2) is 0 Å². The molecule has 0 spiro atoms. The summed E-state index contributed by atoms with van der Waals surface area (Å²) in [7, 11) is -4.35. The highest BCUT2D eigenvalue weighted by atomic mass is 79.9. The quantitative estimate of drug-likeness (QED) is 0.438. The van der Waals surface area contributed by atoms with Crippen molar-refractivity contribution >= 4 is 60.8 Å². The average Bonchev–Trinajstić information content (AvgIpc) is 3.18. The van der Waals surface area contributed by atoms with Crippen LogP contribution in [0.4, 0.5) is 15.8 Å². The molecule has 0 saturated carbocycles. The Labute approximate surface area is 208 Å². The molecule has 176 valence electrons. The molecule has 0 aromatic heterocycles. The highest BCUT2D eigenvalue weighted by Crippen LogP contribution is 2.35. The molecule has 0 fully saturated rings. The molecule has 34 heavy (non-hydrogen) atoms. The van der Waals surface area contributed by atoms with E-state index in [1.807, 2.05) is 19.1 Å². The van der Waals surface area contributed by atoms with Crippen LogP contribution in [0.1, 0.15) is 31.8 Å². The van der Waals surface area contributed by atoms with E-state index in [4.69, 9.17) is 11.6 Å². The molecule has 0 unspecified atom stereocenters. The van der Waals surface area contributed by atoms with Crippen molar-refractivity contribution in [3.8, 4) is 0 Å². The van der Waals surface area contributed by atoms with Crippen LogP contribution in [0.2, 0.25) is 5.02 Å². The van der Waals surface area contributed by atoms with Gasteiger partial charge in [0.25, 0.3) is 15.9 Å². The zero-order valence-corrected chi connectivity index (χ0v) is 20.8. The summed E-state index contributed by atoms with van der Waals surface area (Å²) in [6.07, 6.45) is 0.471. The molecule has 1 aliphatic heterocycles. The molecule has 2 N–H and O–H groups in total. The van der Waals surface area contributed by atoms with Crippen molar-refractivity contribution in [2.75, 3.05) is 16.2 Å². The number of aromatic carboxylic acids is 1. The number of carboxylic acids is 1. The molecule has 1 heterocycles. The van der Waals surface area contributed by atoms with E-state index in [0.29, 0.717) is 16.6 Å². The average molecular weight is 568 g/mol. The van der Waals surface area contributed by atoms with Crippen molar-refractivity contribution in [1.82, 2.24) is 0 Å². The van der Waals surface area contributed by atoms with E-state index < -0.39 is 32.6 Å². The minimum absolute atomic E-state index is 0.0329. The maximum atomic E-state index is 14.8. The van der Waals surface area contributed by atoms with E-state index >= 15 is 0 Å². The number of nitrogens with zero attached hydrogens (tertiary/aromatic N) is 1. The number of hydrogen-bond acceptors (Lipinski definition) is 4. The van der Waals surface area contributed by atoms with E-state index in [1.165, 1.54) is 18.2 Å². The summed E-state index contributed by atoms with van der Waals surface area (Å²) in [4.78, 5) is 23.7. The number of fused-ring (bicyclic) bond motifs is 1. The fourth-order valence-electron chi connectivity index (χ4n) is 3.72. The molecule has 0 bridgehead atoms. The molecule has 0 aliphatic carbocycles. The summed E-state index contributed by atoms with van der Waals surface area (Å²) in [5.41, 5.74) is 1.58. The third-order valence-corrected chi connectivity index (χ3v) is 8.02. The summed E-state index contributed by atoms with van der Waals surface area (Å²) in [5.74, 6) is -3.27. The maximum absolute atomic E-state index is 14.8. The van der Waals surface area contributed by atoms with Crippen molar-refractivity contribution in [1.29, 1.82) is 0 Å². The van der Waals surface area contributed by atoms with Gasteiger partial charge in [-0.1, -0.05) is 39.7 Å². The van der Waals surface area contributed by atoms with Gasteiger partial charge in [-0.2, -0.15) is 0 Å². The van der Waals surface area contributed by atoms with Gasteiger partial charge in [-0.3, -0.25) is 9.10 Å². The first kappa shape index (κ1) is 24.2. The van der Waals surface area contributed by atoms with E-state index in [1.54, 1.807) is 6.07 Å². The Morgan fingerprint density at radius 3 is 2.56 bits per heavy atom. The van der Waals surface area contributed by atoms with Crippen molar-refractivity contribution in [3.63, 3.8) is 0 Å². The predicted octanol–water partition coefficient (Wildman–Crippen LogP) is 5.25. The Morgan fingerprint density at radius 1 is 1.12 bits per heavy atom. The van der Waals surface area contributed by atoms with Crippen LogP contribution < -0.4 is 9.62 Å². The number of aryl methyl sites for hydroxylation is 1. The van der Waals surface area contributed by atoms with E-state index in [2.05, 4.69) is 21.2 Å². The number of carboxylic acid groups (broad SMARTS) is 1.